The molecule has 4 rings (SSSR count). The second-order valence-corrected chi connectivity index (χ2v) is 7.93. The predicted octanol–water partition coefficient (Wildman–Crippen LogP) is 3.96. The fourth-order valence-corrected chi connectivity index (χ4v) is 3.58. The lowest BCUT2D eigenvalue weighted by atomic mass is 10.1. The number of ether oxygens (including phenoxy) is 1. The van der Waals surface area contributed by atoms with Crippen LogP contribution in [0, 0.1) is 0 Å². The molecule has 0 atom stereocenters. The first-order valence-electron chi connectivity index (χ1n) is 10.1. The molecule has 1 aliphatic rings. The first-order valence-corrected chi connectivity index (χ1v) is 10.5. The maximum Gasteiger partial charge on any atom is 0.338 e. The lowest BCUT2D eigenvalue weighted by molar-refractivity contribution is -0.133. The minimum absolute atomic E-state index is 0.0753. The number of anilines is 1. The normalized spacial score (nSPS) is 12.5. The van der Waals surface area contributed by atoms with Crippen LogP contribution in [0.2, 0.25) is 5.02 Å². The highest BCUT2D eigenvalue weighted by atomic mass is 35.5. The van der Waals surface area contributed by atoms with Crippen LogP contribution in [0.5, 0.6) is 0 Å². The molecule has 3 aromatic carbocycles. The Morgan fingerprint density at radius 1 is 0.909 bits per heavy atom. The van der Waals surface area contributed by atoms with Crippen molar-refractivity contribution >= 4 is 41.0 Å². The van der Waals surface area contributed by atoms with Gasteiger partial charge in [-0.05, 0) is 48.0 Å². The molecule has 0 saturated heterocycles. The molecule has 0 fully saturated rings. The van der Waals surface area contributed by atoms with Gasteiger partial charge in [0.15, 0.2) is 6.61 Å². The molecule has 0 N–H and O–H groups in total. The number of benzene rings is 3. The van der Waals surface area contributed by atoms with Crippen molar-refractivity contribution in [3.8, 4) is 0 Å². The van der Waals surface area contributed by atoms with Gasteiger partial charge in [0, 0.05) is 18.6 Å². The summed E-state index contributed by atoms with van der Waals surface area (Å²) in [6, 6.07) is 19.8. The Hall–Kier alpha value is -3.97. The molecule has 166 valence electrons. The minimum atomic E-state index is -0.760. The number of amides is 3. The Morgan fingerprint density at radius 2 is 1.58 bits per heavy atom. The van der Waals surface area contributed by atoms with Crippen LogP contribution in [0.25, 0.3) is 0 Å². The lowest BCUT2D eigenvalue weighted by Gasteiger charge is -2.17. The van der Waals surface area contributed by atoms with E-state index in [-0.39, 0.29) is 22.6 Å². The van der Waals surface area contributed by atoms with Crippen LogP contribution < -0.4 is 4.90 Å². The van der Waals surface area contributed by atoms with E-state index in [1.807, 2.05) is 30.3 Å². The summed E-state index contributed by atoms with van der Waals surface area (Å²) in [5.74, 6) is -2.17. The summed E-state index contributed by atoms with van der Waals surface area (Å²) >= 11 is 5.88. The predicted molar refractivity (Wildman–Crippen MR) is 122 cm³/mol. The van der Waals surface area contributed by atoms with Crippen molar-refractivity contribution in [2.45, 2.75) is 6.54 Å². The van der Waals surface area contributed by atoms with Crippen molar-refractivity contribution in [1.29, 1.82) is 0 Å². The molecule has 0 aromatic heterocycles. The van der Waals surface area contributed by atoms with Crippen LogP contribution in [-0.2, 0) is 16.1 Å². The number of hydrogen-bond acceptors (Lipinski definition) is 5. The van der Waals surface area contributed by atoms with Gasteiger partial charge in [0.25, 0.3) is 17.7 Å². The highest BCUT2D eigenvalue weighted by molar-refractivity contribution is 6.35. The van der Waals surface area contributed by atoms with Crippen molar-refractivity contribution in [2.75, 3.05) is 18.6 Å². The molecule has 0 spiro atoms. The number of likely N-dealkylation sites (N-methyl/N-ethyl adjacent to an activating group) is 1. The van der Waals surface area contributed by atoms with Crippen molar-refractivity contribution in [1.82, 2.24) is 4.90 Å². The van der Waals surface area contributed by atoms with E-state index in [9.17, 15) is 19.2 Å². The quantitative estimate of drug-likeness (QED) is 0.409. The van der Waals surface area contributed by atoms with Crippen molar-refractivity contribution in [3.05, 3.63) is 100 Å². The second kappa shape index (κ2) is 9.26. The SMILES string of the molecule is CN(Cc1ccccc1)C(=O)COC(=O)c1ccc2c(c1)C(=O)N(c1ccc(Cl)cc1)C2=O. The van der Waals surface area contributed by atoms with Gasteiger partial charge in [0.1, 0.15) is 0 Å². The second-order valence-electron chi connectivity index (χ2n) is 7.49. The molecule has 0 saturated carbocycles. The van der Waals surface area contributed by atoms with Gasteiger partial charge >= 0.3 is 5.97 Å². The summed E-state index contributed by atoms with van der Waals surface area (Å²) in [5, 5.41) is 0.476. The monoisotopic (exact) mass is 462 g/mol. The molecule has 7 nitrogen and oxygen atoms in total. The smallest absolute Gasteiger partial charge is 0.338 e. The number of esters is 1. The molecular formula is C25H19ClN2O5. The number of hydrogen-bond donors (Lipinski definition) is 0. The maximum atomic E-state index is 12.9. The van der Waals surface area contributed by atoms with Crippen LogP contribution in [0.1, 0.15) is 36.6 Å². The van der Waals surface area contributed by atoms with Gasteiger partial charge in [-0.1, -0.05) is 41.9 Å². The molecule has 3 aromatic rings. The molecule has 1 aliphatic heterocycles. The van der Waals surface area contributed by atoms with Gasteiger partial charge in [-0.25, -0.2) is 9.69 Å². The molecule has 33 heavy (non-hydrogen) atoms. The number of nitrogens with zero attached hydrogens (tertiary/aromatic N) is 2. The Bertz CT molecular complexity index is 1240. The Balaban J connectivity index is 1.42. The van der Waals surface area contributed by atoms with Crippen LogP contribution in [0.15, 0.2) is 72.8 Å². The zero-order chi connectivity index (χ0) is 23.5. The minimum Gasteiger partial charge on any atom is -0.452 e. The fourth-order valence-electron chi connectivity index (χ4n) is 3.46. The third-order valence-electron chi connectivity index (χ3n) is 5.22. The summed E-state index contributed by atoms with van der Waals surface area (Å²) in [4.78, 5) is 52.9. The van der Waals surface area contributed by atoms with Crippen molar-refractivity contribution < 1.29 is 23.9 Å². The average molecular weight is 463 g/mol. The summed E-state index contributed by atoms with van der Waals surface area (Å²) in [7, 11) is 1.62. The third-order valence-corrected chi connectivity index (χ3v) is 5.47. The van der Waals surface area contributed by atoms with Gasteiger partial charge in [0.2, 0.25) is 0 Å². The van der Waals surface area contributed by atoms with Crippen LogP contribution >= 0.6 is 11.6 Å². The first kappa shape index (κ1) is 22.2. The first-order chi connectivity index (χ1) is 15.8. The molecule has 8 heteroatoms. The topological polar surface area (TPSA) is 84.0 Å². The standard InChI is InChI=1S/C25H19ClN2O5/c1-27(14-16-5-3-2-4-6-16)22(29)15-33-25(32)17-7-12-20-21(13-17)24(31)28(23(20)30)19-10-8-18(26)9-11-19/h2-13H,14-15H2,1H3. The zero-order valence-corrected chi connectivity index (χ0v) is 18.4. The number of rotatable bonds is 6. The van der Waals surface area contributed by atoms with E-state index >= 15 is 0 Å². The summed E-state index contributed by atoms with van der Waals surface area (Å²) in [6.45, 7) is -0.0593. The van der Waals surface area contributed by atoms with E-state index in [1.54, 1.807) is 31.3 Å². The van der Waals surface area contributed by atoms with Crippen LogP contribution in [0.4, 0.5) is 5.69 Å². The van der Waals surface area contributed by atoms with E-state index in [0.29, 0.717) is 17.3 Å². The summed E-state index contributed by atoms with van der Waals surface area (Å²) in [5.41, 5.74) is 1.68. The number of fused-ring (bicyclic) bond motifs is 1. The molecule has 0 unspecified atom stereocenters. The van der Waals surface area contributed by atoms with Gasteiger partial charge in [-0.2, -0.15) is 0 Å². The fraction of sp³-hybridized carbons (Fsp3) is 0.120. The van der Waals surface area contributed by atoms with Crippen LogP contribution in [0.3, 0.4) is 0 Å². The lowest BCUT2D eigenvalue weighted by Crippen LogP contribution is -2.30. The zero-order valence-electron chi connectivity index (χ0n) is 17.7. The van der Waals surface area contributed by atoms with Gasteiger partial charge in [-0.15, -0.1) is 0 Å². The summed E-state index contributed by atoms with van der Waals surface area (Å²) < 4.78 is 5.14. The van der Waals surface area contributed by atoms with E-state index < -0.39 is 24.4 Å². The molecular weight excluding hydrogens is 444 g/mol. The Kier molecular flexibility index (Phi) is 6.24. The number of halogens is 1. The molecule has 0 radical (unpaired) electrons. The summed E-state index contributed by atoms with van der Waals surface area (Å²) in [6.07, 6.45) is 0. The third kappa shape index (κ3) is 4.63. The largest absolute Gasteiger partial charge is 0.452 e. The number of carbonyl (C=O) groups excluding carboxylic acids is 4. The van der Waals surface area contributed by atoms with Gasteiger partial charge in [0.05, 0.1) is 22.4 Å². The average Bonchev–Trinajstić information content (AvgIpc) is 3.08. The van der Waals surface area contributed by atoms with E-state index in [4.69, 9.17) is 16.3 Å². The molecule has 1 heterocycles. The van der Waals surface area contributed by atoms with E-state index in [0.717, 1.165) is 10.5 Å². The molecule has 0 bridgehead atoms. The van der Waals surface area contributed by atoms with Crippen LogP contribution in [-0.4, -0.2) is 42.2 Å². The van der Waals surface area contributed by atoms with E-state index in [2.05, 4.69) is 0 Å². The Morgan fingerprint density at radius 3 is 2.27 bits per heavy atom. The van der Waals surface area contributed by atoms with Crippen molar-refractivity contribution in [3.63, 3.8) is 0 Å². The number of imide groups is 1. The van der Waals surface area contributed by atoms with Gasteiger partial charge < -0.3 is 9.64 Å². The highest BCUT2D eigenvalue weighted by Gasteiger charge is 2.37. The molecule has 3 amide bonds. The van der Waals surface area contributed by atoms with Crippen molar-refractivity contribution in [2.24, 2.45) is 0 Å². The highest BCUT2D eigenvalue weighted by Crippen LogP contribution is 2.30. The van der Waals surface area contributed by atoms with Gasteiger partial charge in [-0.3, -0.25) is 14.4 Å². The Labute approximate surface area is 195 Å². The van der Waals surface area contributed by atoms with E-state index in [1.165, 1.54) is 23.1 Å². The maximum absolute atomic E-state index is 12.9. The molecule has 0 aliphatic carbocycles. The number of carbonyl (C=O) groups is 4.